The highest BCUT2D eigenvalue weighted by Crippen LogP contribution is 2.31. The molecule has 6 radical (unpaired) electrons. The summed E-state index contributed by atoms with van der Waals surface area (Å²) >= 11 is 0. The molecule has 5 aromatic rings. The lowest BCUT2D eigenvalue weighted by atomic mass is 9.95. The van der Waals surface area contributed by atoms with E-state index in [0.29, 0.717) is 0 Å². The maximum Gasteiger partial charge on any atom is 0.147 e. The molecule has 0 saturated heterocycles. The van der Waals surface area contributed by atoms with Gasteiger partial charge in [0.15, 0.2) is 0 Å². The largest absolute Gasteiger partial charge is 0.147 e. The van der Waals surface area contributed by atoms with Gasteiger partial charge >= 0.3 is 0 Å². The summed E-state index contributed by atoms with van der Waals surface area (Å²) in [7, 11) is 6.50. The summed E-state index contributed by atoms with van der Waals surface area (Å²) in [5.41, 5.74) is 7.43. The van der Waals surface area contributed by atoms with Crippen LogP contribution >= 0.6 is 0 Å². The molecule has 5 aromatic carbocycles. The lowest BCUT2D eigenvalue weighted by Gasteiger charge is -2.08. The summed E-state index contributed by atoms with van der Waals surface area (Å²) in [5.74, 6) is 6.18. The van der Waals surface area contributed by atoms with E-state index >= 15 is 0 Å². The minimum absolute atomic E-state index is 0.916. The molecule has 0 N–H and O–H groups in total. The van der Waals surface area contributed by atoms with Crippen LogP contribution in [0.5, 0.6) is 0 Å². The summed E-state index contributed by atoms with van der Waals surface area (Å²) in [4.78, 5) is 0. The van der Waals surface area contributed by atoms with Crippen molar-refractivity contribution in [3.63, 3.8) is 0 Å². The molecular weight excluding hydrogens is 368 g/mol. The molecule has 0 aliphatic rings. The Labute approximate surface area is 170 Å². The van der Waals surface area contributed by atoms with E-state index in [1.54, 1.807) is 0 Å². The van der Waals surface area contributed by atoms with Gasteiger partial charge in [-0.15, -0.1) is 11.1 Å². The predicted molar refractivity (Wildman–Crippen MR) is 122 cm³/mol. The molecule has 2 heteroatoms. The second-order valence-electron chi connectivity index (χ2n) is 6.84. The number of hydrogen-bond donors (Lipinski definition) is 0. The quantitative estimate of drug-likeness (QED) is 0.195. The van der Waals surface area contributed by atoms with Gasteiger partial charge in [-0.2, -0.15) is 0 Å². The van der Waals surface area contributed by atoms with Gasteiger partial charge in [0, 0.05) is 11.1 Å². The van der Waals surface area contributed by atoms with E-state index in [1.807, 2.05) is 0 Å². The Balaban J connectivity index is 1.83. The van der Waals surface area contributed by atoms with Crippen LogP contribution in [0.1, 0.15) is 11.1 Å². The molecule has 5 rings (SSSR count). The van der Waals surface area contributed by atoms with E-state index in [9.17, 15) is 0 Å². The van der Waals surface area contributed by atoms with Crippen molar-refractivity contribution < 1.29 is 0 Å². The SMILES string of the molecule is [Si]C#Cc1cc2cc3cc4cc5ccccc5cc4cc3cc2cc1C#C[Si]. The first-order valence-electron chi connectivity index (χ1n) is 8.95. The highest BCUT2D eigenvalue weighted by atomic mass is 28.1. The van der Waals surface area contributed by atoms with Gasteiger partial charge in [0.2, 0.25) is 0 Å². The van der Waals surface area contributed by atoms with Gasteiger partial charge in [-0.3, -0.25) is 0 Å². The molecule has 0 atom stereocenters. The molecule has 0 bridgehead atoms. The van der Waals surface area contributed by atoms with Crippen molar-refractivity contribution in [2.24, 2.45) is 0 Å². The van der Waals surface area contributed by atoms with Crippen LogP contribution in [0.3, 0.4) is 0 Å². The van der Waals surface area contributed by atoms with Gasteiger partial charge in [-0.1, -0.05) is 36.1 Å². The summed E-state index contributed by atoms with van der Waals surface area (Å²) in [5, 5.41) is 9.83. The highest BCUT2D eigenvalue weighted by Gasteiger charge is 2.06. The second kappa shape index (κ2) is 6.69. The topological polar surface area (TPSA) is 0 Å². The van der Waals surface area contributed by atoms with Gasteiger partial charge in [0.05, 0.1) is 0 Å². The van der Waals surface area contributed by atoms with E-state index in [4.69, 9.17) is 0 Å². The van der Waals surface area contributed by atoms with Crippen LogP contribution < -0.4 is 0 Å². The monoisotopic (exact) mass is 380 g/mol. The molecule has 0 aromatic heterocycles. The fourth-order valence-electron chi connectivity index (χ4n) is 3.84. The molecule has 124 valence electrons. The van der Waals surface area contributed by atoms with Crippen LogP contribution in [0, 0.1) is 22.9 Å². The molecule has 0 unspecified atom stereocenters. The zero-order valence-electron chi connectivity index (χ0n) is 14.9. The molecule has 0 nitrogen and oxygen atoms in total. The van der Waals surface area contributed by atoms with E-state index in [1.165, 1.54) is 32.3 Å². The maximum absolute atomic E-state index is 3.25. The second-order valence-corrected chi connectivity index (χ2v) is 7.34. The Morgan fingerprint density at radius 2 is 0.750 bits per heavy atom. The average molecular weight is 381 g/mol. The van der Waals surface area contributed by atoms with Crippen molar-refractivity contribution >= 4 is 63.6 Å². The fraction of sp³-hybridized carbons (Fsp3) is 0. The first-order chi connectivity index (χ1) is 13.7. The van der Waals surface area contributed by atoms with E-state index in [2.05, 4.69) is 116 Å². The molecule has 0 spiro atoms. The lowest BCUT2D eigenvalue weighted by molar-refractivity contribution is 1.65. The van der Waals surface area contributed by atoms with Crippen LogP contribution in [-0.4, -0.2) is 20.5 Å². The first-order valence-corrected chi connectivity index (χ1v) is 9.95. The van der Waals surface area contributed by atoms with Gasteiger partial charge in [-0.05, 0) is 91.6 Å². The smallest absolute Gasteiger partial charge is 0.133 e. The summed E-state index contributed by atoms with van der Waals surface area (Å²) in [6, 6.07) is 26.3. The third-order valence-electron chi connectivity index (χ3n) is 5.15. The minimum Gasteiger partial charge on any atom is -0.133 e. The highest BCUT2D eigenvalue weighted by molar-refractivity contribution is 6.23. The summed E-state index contributed by atoms with van der Waals surface area (Å²) < 4.78 is 0. The number of rotatable bonds is 0. The predicted octanol–water partition coefficient (Wildman–Crippen LogP) is 5.25. The van der Waals surface area contributed by atoms with Gasteiger partial charge < -0.3 is 0 Å². The summed E-state index contributed by atoms with van der Waals surface area (Å²) in [6.45, 7) is 0. The first kappa shape index (κ1) is 16.8. The van der Waals surface area contributed by atoms with Gasteiger partial charge in [0.25, 0.3) is 0 Å². The zero-order valence-corrected chi connectivity index (χ0v) is 16.9. The van der Waals surface area contributed by atoms with Crippen molar-refractivity contribution in [1.29, 1.82) is 0 Å². The van der Waals surface area contributed by atoms with E-state index in [0.717, 1.165) is 21.9 Å². The van der Waals surface area contributed by atoms with Crippen molar-refractivity contribution in [3.8, 4) is 22.9 Å². The standard InChI is InChI=1S/C26H12Si2/c27-7-5-19-11-23-15-25-13-21-9-17-3-1-2-4-18(17)10-22(21)14-26(25)16-24(23)12-20(19)6-8-28/h1-4,9-16H. The Bertz CT molecular complexity index is 1420. The number of benzene rings is 5. The molecule has 0 saturated carbocycles. The molecule has 0 heterocycles. The summed E-state index contributed by atoms with van der Waals surface area (Å²) in [6.07, 6.45) is 0. The Morgan fingerprint density at radius 1 is 0.429 bits per heavy atom. The van der Waals surface area contributed by atoms with Crippen LogP contribution in [0.15, 0.2) is 72.8 Å². The third kappa shape index (κ3) is 2.81. The molecule has 28 heavy (non-hydrogen) atoms. The maximum atomic E-state index is 3.25. The lowest BCUT2D eigenvalue weighted by Crippen LogP contribution is -1.87. The third-order valence-corrected chi connectivity index (χ3v) is 5.40. The van der Waals surface area contributed by atoms with Crippen molar-refractivity contribution in [2.45, 2.75) is 0 Å². The van der Waals surface area contributed by atoms with E-state index < -0.39 is 0 Å². The van der Waals surface area contributed by atoms with Crippen molar-refractivity contribution in [3.05, 3.63) is 83.9 Å². The van der Waals surface area contributed by atoms with E-state index in [-0.39, 0.29) is 0 Å². The average Bonchev–Trinajstić information content (AvgIpc) is 2.70. The molecule has 0 aliphatic carbocycles. The van der Waals surface area contributed by atoms with Crippen LogP contribution in [0.4, 0.5) is 0 Å². The number of hydrogen-bond acceptors (Lipinski definition) is 0. The van der Waals surface area contributed by atoms with Crippen molar-refractivity contribution in [1.82, 2.24) is 0 Å². The van der Waals surface area contributed by atoms with Gasteiger partial charge in [-0.25, -0.2) is 0 Å². The van der Waals surface area contributed by atoms with Crippen LogP contribution in [0.25, 0.3) is 43.1 Å². The van der Waals surface area contributed by atoms with Gasteiger partial charge in [0.1, 0.15) is 20.5 Å². The fourth-order valence-corrected chi connectivity index (χ4v) is 4.11. The normalized spacial score (nSPS) is 10.6. The zero-order chi connectivity index (χ0) is 19.1. The molecular formula is C26H12Si2. The molecule has 0 amide bonds. The van der Waals surface area contributed by atoms with Crippen LogP contribution in [-0.2, 0) is 0 Å². The minimum atomic E-state index is 0.916. The van der Waals surface area contributed by atoms with Crippen LogP contribution in [0.2, 0.25) is 0 Å². The Hall–Kier alpha value is -3.31. The molecule has 0 fully saturated rings. The Morgan fingerprint density at radius 3 is 1.11 bits per heavy atom. The molecule has 0 aliphatic heterocycles. The van der Waals surface area contributed by atoms with Crippen molar-refractivity contribution in [2.75, 3.05) is 0 Å². The number of fused-ring (bicyclic) bond motifs is 4. The Kier molecular flexibility index (Phi) is 4.03.